The van der Waals surface area contributed by atoms with Crippen LogP contribution in [0.5, 0.6) is 0 Å². The van der Waals surface area contributed by atoms with Gasteiger partial charge in [0.15, 0.2) is 0 Å². The Hall–Kier alpha value is -1.56. The molecule has 2 aromatic carbocycles. The number of hydrogen-bond acceptors (Lipinski definition) is 3. The Morgan fingerprint density at radius 1 is 1.15 bits per heavy atom. The molecule has 0 aliphatic carbocycles. The van der Waals surface area contributed by atoms with Gasteiger partial charge in [-0.3, -0.25) is 0 Å². The summed E-state index contributed by atoms with van der Waals surface area (Å²) < 4.78 is 26.1. The summed E-state index contributed by atoms with van der Waals surface area (Å²) in [7, 11) is -2.05. The minimum Gasteiger partial charge on any atom is -0.398 e. The summed E-state index contributed by atoms with van der Waals surface area (Å²) in [6.07, 6.45) is 0. The van der Waals surface area contributed by atoms with E-state index in [-0.39, 0.29) is 9.92 Å². The molecule has 0 saturated heterocycles. The fraction of sp³-hybridized carbons (Fsp3) is 0.143. The molecule has 0 fully saturated rings. The van der Waals surface area contributed by atoms with Crippen molar-refractivity contribution in [2.24, 2.45) is 0 Å². The predicted octanol–water partition coefficient (Wildman–Crippen LogP) is 2.74. The van der Waals surface area contributed by atoms with Gasteiger partial charge in [-0.1, -0.05) is 41.9 Å². The van der Waals surface area contributed by atoms with Gasteiger partial charge in [-0.2, -0.15) is 4.31 Å². The molecule has 0 aliphatic heterocycles. The van der Waals surface area contributed by atoms with Crippen molar-refractivity contribution in [1.82, 2.24) is 4.31 Å². The molecular weight excluding hydrogens is 296 g/mol. The van der Waals surface area contributed by atoms with Crippen molar-refractivity contribution < 1.29 is 8.42 Å². The van der Waals surface area contributed by atoms with E-state index in [1.54, 1.807) is 0 Å². The number of halogens is 1. The Bertz CT molecular complexity index is 702. The van der Waals surface area contributed by atoms with E-state index in [1.165, 1.54) is 29.6 Å². The zero-order valence-electron chi connectivity index (χ0n) is 11.0. The van der Waals surface area contributed by atoms with Crippen molar-refractivity contribution in [1.29, 1.82) is 0 Å². The first-order chi connectivity index (χ1) is 9.41. The summed E-state index contributed by atoms with van der Waals surface area (Å²) >= 11 is 5.88. The van der Waals surface area contributed by atoms with Gasteiger partial charge in [-0.05, 0) is 23.8 Å². The maximum absolute atomic E-state index is 12.4. The molecule has 0 aliphatic rings. The average molecular weight is 311 g/mol. The quantitative estimate of drug-likeness (QED) is 0.883. The van der Waals surface area contributed by atoms with Crippen LogP contribution in [0, 0.1) is 0 Å². The number of benzene rings is 2. The van der Waals surface area contributed by atoms with Crippen LogP contribution in [0.4, 0.5) is 5.69 Å². The molecule has 106 valence electrons. The first-order valence-corrected chi connectivity index (χ1v) is 7.78. The second kappa shape index (κ2) is 5.83. The SMILES string of the molecule is CN(Cc1ccccc1)S(=O)(=O)c1ccc(N)c(Cl)c1. The minimum absolute atomic E-state index is 0.134. The van der Waals surface area contributed by atoms with Gasteiger partial charge in [0.25, 0.3) is 0 Å². The summed E-state index contributed by atoms with van der Waals surface area (Å²) in [6.45, 7) is 0.297. The number of hydrogen-bond donors (Lipinski definition) is 1. The Balaban J connectivity index is 2.27. The van der Waals surface area contributed by atoms with Crippen molar-refractivity contribution in [2.75, 3.05) is 12.8 Å². The van der Waals surface area contributed by atoms with Crippen LogP contribution in [0.15, 0.2) is 53.4 Å². The molecule has 4 nitrogen and oxygen atoms in total. The fourth-order valence-electron chi connectivity index (χ4n) is 1.77. The van der Waals surface area contributed by atoms with Crippen molar-refractivity contribution in [3.8, 4) is 0 Å². The lowest BCUT2D eigenvalue weighted by molar-refractivity contribution is 0.467. The summed E-state index contributed by atoms with van der Waals surface area (Å²) in [6, 6.07) is 13.7. The van der Waals surface area contributed by atoms with Gasteiger partial charge in [-0.15, -0.1) is 0 Å². The van der Waals surface area contributed by atoms with Gasteiger partial charge in [0, 0.05) is 13.6 Å². The van der Waals surface area contributed by atoms with Gasteiger partial charge in [0.2, 0.25) is 10.0 Å². The lowest BCUT2D eigenvalue weighted by atomic mass is 10.2. The van der Waals surface area contributed by atoms with Crippen LogP contribution in [0.3, 0.4) is 0 Å². The lowest BCUT2D eigenvalue weighted by Gasteiger charge is -2.17. The van der Waals surface area contributed by atoms with Gasteiger partial charge < -0.3 is 5.73 Å². The van der Waals surface area contributed by atoms with E-state index in [0.717, 1.165) is 5.56 Å². The summed E-state index contributed by atoms with van der Waals surface area (Å²) in [5.74, 6) is 0. The number of rotatable bonds is 4. The fourth-order valence-corrected chi connectivity index (χ4v) is 3.20. The monoisotopic (exact) mass is 310 g/mol. The second-order valence-electron chi connectivity index (χ2n) is 4.43. The predicted molar refractivity (Wildman–Crippen MR) is 81.0 cm³/mol. The number of sulfonamides is 1. The number of nitrogens with zero attached hydrogens (tertiary/aromatic N) is 1. The van der Waals surface area contributed by atoms with E-state index in [0.29, 0.717) is 12.2 Å². The topological polar surface area (TPSA) is 63.4 Å². The third-order valence-corrected chi connectivity index (χ3v) is 5.05. The van der Waals surface area contributed by atoms with E-state index in [9.17, 15) is 8.42 Å². The Morgan fingerprint density at radius 2 is 1.80 bits per heavy atom. The molecule has 2 rings (SSSR count). The normalized spacial score (nSPS) is 11.8. The first-order valence-electron chi connectivity index (χ1n) is 5.96. The van der Waals surface area contributed by atoms with Gasteiger partial charge in [-0.25, -0.2) is 8.42 Å². The van der Waals surface area contributed by atoms with Crippen LogP contribution in [-0.2, 0) is 16.6 Å². The number of nitrogen functional groups attached to an aromatic ring is 1. The Kier molecular flexibility index (Phi) is 4.32. The zero-order valence-corrected chi connectivity index (χ0v) is 12.5. The van der Waals surface area contributed by atoms with Gasteiger partial charge in [0.05, 0.1) is 15.6 Å². The molecule has 0 amide bonds. The molecule has 6 heteroatoms. The lowest BCUT2D eigenvalue weighted by Crippen LogP contribution is -2.26. The molecule has 20 heavy (non-hydrogen) atoms. The van der Waals surface area contributed by atoms with Crippen molar-refractivity contribution in [2.45, 2.75) is 11.4 Å². The van der Waals surface area contributed by atoms with Crippen LogP contribution < -0.4 is 5.73 Å². The van der Waals surface area contributed by atoms with E-state index >= 15 is 0 Å². The largest absolute Gasteiger partial charge is 0.398 e. The molecule has 0 radical (unpaired) electrons. The van der Waals surface area contributed by atoms with E-state index < -0.39 is 10.0 Å². The molecule has 2 aromatic rings. The molecule has 2 N–H and O–H groups in total. The minimum atomic E-state index is -3.58. The van der Waals surface area contributed by atoms with Crippen LogP contribution >= 0.6 is 11.6 Å². The van der Waals surface area contributed by atoms with Crippen molar-refractivity contribution in [3.05, 3.63) is 59.1 Å². The molecule has 0 unspecified atom stereocenters. The molecule has 0 heterocycles. The van der Waals surface area contributed by atoms with Crippen LogP contribution in [0.1, 0.15) is 5.56 Å². The summed E-state index contributed by atoms with van der Waals surface area (Å²) in [5.41, 5.74) is 6.87. The third kappa shape index (κ3) is 3.12. The van der Waals surface area contributed by atoms with Crippen molar-refractivity contribution in [3.63, 3.8) is 0 Å². The van der Waals surface area contributed by atoms with Crippen LogP contribution in [0.2, 0.25) is 5.02 Å². The number of anilines is 1. The van der Waals surface area contributed by atoms with Gasteiger partial charge >= 0.3 is 0 Å². The highest BCUT2D eigenvalue weighted by Crippen LogP contribution is 2.24. The summed E-state index contributed by atoms with van der Waals surface area (Å²) in [5, 5.41) is 0.235. The molecule has 0 bridgehead atoms. The highest BCUT2D eigenvalue weighted by atomic mass is 35.5. The molecular formula is C14H15ClN2O2S. The maximum Gasteiger partial charge on any atom is 0.243 e. The maximum atomic E-state index is 12.4. The second-order valence-corrected chi connectivity index (χ2v) is 6.88. The standard InChI is InChI=1S/C14H15ClN2O2S/c1-17(10-11-5-3-2-4-6-11)20(18,19)12-7-8-14(16)13(15)9-12/h2-9H,10,16H2,1H3. The van der Waals surface area contributed by atoms with Crippen LogP contribution in [0.25, 0.3) is 0 Å². The highest BCUT2D eigenvalue weighted by Gasteiger charge is 2.21. The number of nitrogens with two attached hydrogens (primary N) is 1. The molecule has 0 aromatic heterocycles. The van der Waals surface area contributed by atoms with Crippen molar-refractivity contribution >= 4 is 27.3 Å². The summed E-state index contributed by atoms with van der Waals surface area (Å²) in [4.78, 5) is 0.134. The molecule has 0 saturated carbocycles. The van der Waals surface area contributed by atoms with E-state index in [1.807, 2.05) is 30.3 Å². The van der Waals surface area contributed by atoms with E-state index in [4.69, 9.17) is 17.3 Å². The first kappa shape index (κ1) is 14.8. The van der Waals surface area contributed by atoms with E-state index in [2.05, 4.69) is 0 Å². The van der Waals surface area contributed by atoms with Gasteiger partial charge in [0.1, 0.15) is 0 Å². The Labute approximate surface area is 123 Å². The average Bonchev–Trinajstić information content (AvgIpc) is 2.42. The molecule has 0 atom stereocenters. The van der Waals surface area contributed by atoms with Crippen LogP contribution in [-0.4, -0.2) is 19.8 Å². The highest BCUT2D eigenvalue weighted by molar-refractivity contribution is 7.89. The zero-order chi connectivity index (χ0) is 14.8. The third-order valence-electron chi connectivity index (χ3n) is 2.93. The smallest absolute Gasteiger partial charge is 0.243 e. The Morgan fingerprint density at radius 3 is 2.40 bits per heavy atom. The molecule has 0 spiro atoms.